The standard InChI is InChI=1S/C17H32N4/c1-20(2)17-12-15(13-8-4-5-9-14(13)18-17)19-16-10-6-7-11-21(16)3/h13-15,17-18H,4-12H2,1-3H3. The van der Waals surface area contributed by atoms with E-state index in [1.807, 2.05) is 0 Å². The maximum Gasteiger partial charge on any atom is 0.0989 e. The number of hydrogen-bond acceptors (Lipinski definition) is 3. The van der Waals surface area contributed by atoms with E-state index in [-0.39, 0.29) is 0 Å². The third-order valence-electron chi connectivity index (χ3n) is 5.71. The molecule has 2 heterocycles. The maximum atomic E-state index is 5.27. The predicted octanol–water partition coefficient (Wildman–Crippen LogP) is 2.31. The second kappa shape index (κ2) is 6.66. The second-order valence-corrected chi connectivity index (χ2v) is 7.43. The van der Waals surface area contributed by atoms with Crippen LogP contribution in [0, 0.1) is 5.92 Å². The van der Waals surface area contributed by atoms with Crippen LogP contribution in [0.1, 0.15) is 51.4 Å². The molecule has 3 fully saturated rings. The molecule has 0 aromatic rings. The Balaban J connectivity index is 1.77. The van der Waals surface area contributed by atoms with E-state index in [1.54, 1.807) is 0 Å². The number of hydrogen-bond donors (Lipinski definition) is 1. The second-order valence-electron chi connectivity index (χ2n) is 7.43. The van der Waals surface area contributed by atoms with Crippen LogP contribution in [0.4, 0.5) is 0 Å². The van der Waals surface area contributed by atoms with Crippen molar-refractivity contribution < 1.29 is 0 Å². The Bertz CT molecular complexity index is 379. The molecule has 0 spiro atoms. The molecule has 0 aromatic heterocycles. The van der Waals surface area contributed by atoms with Crippen LogP contribution in [0.15, 0.2) is 4.99 Å². The van der Waals surface area contributed by atoms with Gasteiger partial charge in [0.25, 0.3) is 0 Å². The van der Waals surface area contributed by atoms with Gasteiger partial charge in [0, 0.05) is 26.1 Å². The zero-order valence-corrected chi connectivity index (χ0v) is 14.0. The zero-order chi connectivity index (χ0) is 14.8. The molecule has 3 aliphatic rings. The molecule has 1 saturated carbocycles. The molecule has 4 unspecified atom stereocenters. The van der Waals surface area contributed by atoms with Crippen LogP contribution in [0.2, 0.25) is 0 Å². The van der Waals surface area contributed by atoms with E-state index in [9.17, 15) is 0 Å². The summed E-state index contributed by atoms with van der Waals surface area (Å²) in [5.41, 5.74) is 0. The number of fused-ring (bicyclic) bond motifs is 1. The molecule has 21 heavy (non-hydrogen) atoms. The molecule has 4 nitrogen and oxygen atoms in total. The molecule has 0 radical (unpaired) electrons. The summed E-state index contributed by atoms with van der Waals surface area (Å²) in [6.07, 6.45) is 11.0. The molecule has 3 rings (SSSR count). The lowest BCUT2D eigenvalue weighted by atomic mass is 9.75. The van der Waals surface area contributed by atoms with E-state index in [0.717, 1.165) is 5.92 Å². The minimum absolute atomic E-state index is 0.493. The third-order valence-corrected chi connectivity index (χ3v) is 5.71. The van der Waals surface area contributed by atoms with Gasteiger partial charge < -0.3 is 4.90 Å². The largest absolute Gasteiger partial charge is 0.363 e. The summed E-state index contributed by atoms with van der Waals surface area (Å²) in [5, 5.41) is 3.88. The lowest BCUT2D eigenvalue weighted by molar-refractivity contribution is 0.0883. The molecule has 0 bridgehead atoms. The molecular weight excluding hydrogens is 260 g/mol. The molecule has 0 amide bonds. The Morgan fingerprint density at radius 1 is 1.14 bits per heavy atom. The van der Waals surface area contributed by atoms with E-state index >= 15 is 0 Å². The van der Waals surface area contributed by atoms with Crippen molar-refractivity contribution in [1.29, 1.82) is 0 Å². The molecule has 120 valence electrons. The van der Waals surface area contributed by atoms with Crippen molar-refractivity contribution in [3.63, 3.8) is 0 Å². The Morgan fingerprint density at radius 3 is 2.71 bits per heavy atom. The summed E-state index contributed by atoms with van der Waals surface area (Å²) < 4.78 is 0. The molecule has 1 aliphatic carbocycles. The van der Waals surface area contributed by atoms with E-state index in [2.05, 4.69) is 36.3 Å². The highest BCUT2D eigenvalue weighted by molar-refractivity contribution is 5.82. The van der Waals surface area contributed by atoms with Gasteiger partial charge in [0.2, 0.25) is 0 Å². The van der Waals surface area contributed by atoms with E-state index < -0.39 is 0 Å². The highest BCUT2D eigenvalue weighted by atomic mass is 15.3. The molecule has 0 aromatic carbocycles. The maximum absolute atomic E-state index is 5.27. The average Bonchev–Trinajstić information content (AvgIpc) is 2.49. The molecule has 4 atom stereocenters. The first-order chi connectivity index (χ1) is 10.1. The smallest absolute Gasteiger partial charge is 0.0989 e. The normalized spacial score (nSPS) is 39.6. The summed E-state index contributed by atoms with van der Waals surface area (Å²) >= 11 is 0. The van der Waals surface area contributed by atoms with Gasteiger partial charge in [-0.2, -0.15) is 0 Å². The molecule has 2 saturated heterocycles. The summed E-state index contributed by atoms with van der Waals surface area (Å²) in [7, 11) is 6.61. The Labute approximate surface area is 130 Å². The van der Waals surface area contributed by atoms with Gasteiger partial charge >= 0.3 is 0 Å². The number of nitrogens with zero attached hydrogens (tertiary/aromatic N) is 3. The average molecular weight is 292 g/mol. The Kier molecular flexibility index (Phi) is 4.85. The van der Waals surface area contributed by atoms with E-state index in [1.165, 1.54) is 63.7 Å². The molecular formula is C17H32N4. The highest BCUT2D eigenvalue weighted by Crippen LogP contribution is 2.35. The van der Waals surface area contributed by atoms with Crippen molar-refractivity contribution in [2.45, 2.75) is 69.6 Å². The number of rotatable bonds is 2. The van der Waals surface area contributed by atoms with Crippen molar-refractivity contribution in [3.8, 4) is 0 Å². The van der Waals surface area contributed by atoms with Gasteiger partial charge in [-0.1, -0.05) is 12.8 Å². The number of aliphatic imine (C=N–C) groups is 1. The minimum atomic E-state index is 0.493. The van der Waals surface area contributed by atoms with Crippen molar-refractivity contribution in [3.05, 3.63) is 0 Å². The van der Waals surface area contributed by atoms with Crippen LogP contribution in [0.3, 0.4) is 0 Å². The van der Waals surface area contributed by atoms with Gasteiger partial charge in [-0.05, 0) is 52.1 Å². The SMILES string of the molecule is CN1CCCCC1=NC1CC(N(C)C)NC2CCCCC12. The monoisotopic (exact) mass is 292 g/mol. The van der Waals surface area contributed by atoms with E-state index in [0.29, 0.717) is 18.2 Å². The van der Waals surface area contributed by atoms with Crippen molar-refractivity contribution in [2.75, 3.05) is 27.7 Å². The first-order valence-electron chi connectivity index (χ1n) is 8.85. The Morgan fingerprint density at radius 2 is 1.95 bits per heavy atom. The van der Waals surface area contributed by atoms with Crippen LogP contribution >= 0.6 is 0 Å². The van der Waals surface area contributed by atoms with Gasteiger partial charge in [0.05, 0.1) is 18.0 Å². The van der Waals surface area contributed by atoms with Gasteiger partial charge in [-0.3, -0.25) is 15.2 Å². The predicted molar refractivity (Wildman–Crippen MR) is 88.7 cm³/mol. The number of nitrogens with one attached hydrogen (secondary N) is 1. The van der Waals surface area contributed by atoms with Crippen molar-refractivity contribution in [1.82, 2.24) is 15.1 Å². The fourth-order valence-electron chi connectivity index (χ4n) is 4.36. The van der Waals surface area contributed by atoms with Gasteiger partial charge in [0.1, 0.15) is 0 Å². The fraction of sp³-hybridized carbons (Fsp3) is 0.941. The van der Waals surface area contributed by atoms with Crippen LogP contribution < -0.4 is 5.32 Å². The molecule has 1 N–H and O–H groups in total. The Hall–Kier alpha value is -0.610. The van der Waals surface area contributed by atoms with Gasteiger partial charge in [-0.15, -0.1) is 0 Å². The topological polar surface area (TPSA) is 30.9 Å². The summed E-state index contributed by atoms with van der Waals surface area (Å²) in [5.74, 6) is 2.13. The third kappa shape index (κ3) is 3.42. The minimum Gasteiger partial charge on any atom is -0.363 e. The lowest BCUT2D eigenvalue weighted by Crippen LogP contribution is -2.59. The van der Waals surface area contributed by atoms with Gasteiger partial charge in [0.15, 0.2) is 0 Å². The van der Waals surface area contributed by atoms with Crippen LogP contribution in [-0.4, -0.2) is 61.6 Å². The van der Waals surface area contributed by atoms with Crippen LogP contribution in [0.5, 0.6) is 0 Å². The molecule has 4 heteroatoms. The van der Waals surface area contributed by atoms with Gasteiger partial charge in [-0.25, -0.2) is 0 Å². The van der Waals surface area contributed by atoms with Crippen LogP contribution in [-0.2, 0) is 0 Å². The summed E-state index contributed by atoms with van der Waals surface area (Å²) in [6, 6.07) is 1.21. The van der Waals surface area contributed by atoms with Crippen LogP contribution in [0.25, 0.3) is 0 Å². The highest BCUT2D eigenvalue weighted by Gasteiger charge is 2.39. The number of amidine groups is 1. The van der Waals surface area contributed by atoms with Crippen molar-refractivity contribution >= 4 is 5.84 Å². The number of likely N-dealkylation sites (tertiary alicyclic amines) is 1. The quantitative estimate of drug-likeness (QED) is 0.847. The summed E-state index contributed by atoms with van der Waals surface area (Å²) in [4.78, 5) is 10.0. The first kappa shape index (κ1) is 15.3. The summed E-state index contributed by atoms with van der Waals surface area (Å²) in [6.45, 7) is 1.19. The van der Waals surface area contributed by atoms with E-state index in [4.69, 9.17) is 4.99 Å². The zero-order valence-electron chi connectivity index (χ0n) is 14.0. The fourth-order valence-corrected chi connectivity index (χ4v) is 4.36. The number of piperidine rings is 2. The molecule has 2 aliphatic heterocycles. The lowest BCUT2D eigenvalue weighted by Gasteiger charge is -2.46. The first-order valence-corrected chi connectivity index (χ1v) is 8.85. The van der Waals surface area contributed by atoms with Crippen molar-refractivity contribution in [2.24, 2.45) is 10.9 Å².